The minimum atomic E-state index is -0.666. The number of unbranched alkanes of at least 4 members (excludes halogenated alkanes) is 2. The van der Waals surface area contributed by atoms with E-state index in [2.05, 4.69) is 4.74 Å². The second-order valence-corrected chi connectivity index (χ2v) is 8.97. The first-order chi connectivity index (χ1) is 16.7. The lowest BCUT2D eigenvalue weighted by atomic mass is 10.2. The van der Waals surface area contributed by atoms with Crippen molar-refractivity contribution in [2.24, 2.45) is 0 Å². The van der Waals surface area contributed by atoms with E-state index in [0.717, 1.165) is 18.4 Å². The fraction of sp³-hybridized carbons (Fsp3) is 0.444. The van der Waals surface area contributed by atoms with Crippen LogP contribution in [-0.4, -0.2) is 55.3 Å². The summed E-state index contributed by atoms with van der Waals surface area (Å²) in [5, 5.41) is 0. The average molecular weight is 486 g/mol. The largest absolute Gasteiger partial charge is 0.494 e. The number of benzene rings is 2. The van der Waals surface area contributed by atoms with E-state index in [9.17, 15) is 14.4 Å². The van der Waals surface area contributed by atoms with Crippen LogP contribution in [0.25, 0.3) is 0 Å². The molecule has 2 aromatic carbocycles. The van der Waals surface area contributed by atoms with Gasteiger partial charge in [0.05, 0.1) is 19.3 Å². The second kappa shape index (κ2) is 14.0. The molecule has 35 heavy (non-hydrogen) atoms. The van der Waals surface area contributed by atoms with Crippen LogP contribution in [0.4, 0.5) is 4.79 Å². The Morgan fingerprint density at radius 1 is 0.886 bits per heavy atom. The summed E-state index contributed by atoms with van der Waals surface area (Å²) in [6.45, 7) is 6.18. The molecule has 0 N–H and O–H groups in total. The smallest absolute Gasteiger partial charge is 0.410 e. The third-order valence-corrected chi connectivity index (χ3v) is 4.83. The Hall–Kier alpha value is -3.55. The molecule has 1 amide bonds. The number of hydrogen-bond acceptors (Lipinski definition) is 7. The first kappa shape index (κ1) is 27.7. The van der Waals surface area contributed by atoms with Crippen molar-refractivity contribution in [3.05, 3.63) is 65.7 Å². The van der Waals surface area contributed by atoms with Crippen molar-refractivity contribution in [2.75, 3.05) is 26.8 Å². The molecule has 0 aliphatic heterocycles. The predicted molar refractivity (Wildman–Crippen MR) is 131 cm³/mol. The number of carbonyl (C=O) groups is 3. The van der Waals surface area contributed by atoms with Crippen molar-refractivity contribution < 1.29 is 33.3 Å². The number of amides is 1. The van der Waals surface area contributed by atoms with Gasteiger partial charge in [-0.3, -0.25) is 9.69 Å². The summed E-state index contributed by atoms with van der Waals surface area (Å²) in [5.74, 6) is -0.220. The maximum atomic E-state index is 12.6. The molecule has 0 fully saturated rings. The first-order valence-corrected chi connectivity index (χ1v) is 11.7. The number of nitrogens with zero attached hydrogens (tertiary/aromatic N) is 1. The summed E-state index contributed by atoms with van der Waals surface area (Å²) in [6.07, 6.45) is 1.68. The molecule has 8 nitrogen and oxygen atoms in total. The predicted octanol–water partition coefficient (Wildman–Crippen LogP) is 5.00. The quantitative estimate of drug-likeness (QED) is 0.237. The maximum absolute atomic E-state index is 12.6. The molecule has 0 bridgehead atoms. The Morgan fingerprint density at radius 3 is 2.20 bits per heavy atom. The van der Waals surface area contributed by atoms with Gasteiger partial charge in [0.1, 0.15) is 24.5 Å². The minimum Gasteiger partial charge on any atom is -0.494 e. The van der Waals surface area contributed by atoms with E-state index in [1.165, 1.54) is 12.0 Å². The Kier molecular flexibility index (Phi) is 11.1. The van der Waals surface area contributed by atoms with Crippen LogP contribution >= 0.6 is 0 Å². The molecule has 0 aliphatic rings. The molecular weight excluding hydrogens is 450 g/mol. The molecule has 0 saturated carbocycles. The number of rotatable bonds is 12. The van der Waals surface area contributed by atoms with E-state index in [4.69, 9.17) is 14.2 Å². The molecular formula is C27H35NO7. The van der Waals surface area contributed by atoms with Crippen molar-refractivity contribution in [3.63, 3.8) is 0 Å². The number of methoxy groups -OCH3 is 1. The van der Waals surface area contributed by atoms with Gasteiger partial charge in [-0.05, 0) is 69.9 Å². The lowest BCUT2D eigenvalue weighted by Gasteiger charge is -2.26. The summed E-state index contributed by atoms with van der Waals surface area (Å²) in [6, 6.07) is 16.1. The van der Waals surface area contributed by atoms with E-state index in [1.807, 2.05) is 30.3 Å². The first-order valence-electron chi connectivity index (χ1n) is 11.7. The molecule has 0 saturated heterocycles. The van der Waals surface area contributed by atoms with Crippen molar-refractivity contribution >= 4 is 18.0 Å². The highest BCUT2D eigenvalue weighted by Gasteiger charge is 2.24. The Morgan fingerprint density at radius 2 is 1.57 bits per heavy atom. The highest BCUT2D eigenvalue weighted by Crippen LogP contribution is 2.14. The second-order valence-electron chi connectivity index (χ2n) is 8.97. The summed E-state index contributed by atoms with van der Waals surface area (Å²) >= 11 is 0. The standard InChI is InChI=1S/C27H35NO7/c1-27(2,3)35-26(31)28(19-24(29)34-20-21-11-7-5-8-12-21)17-9-6-10-18-33-23-15-13-22(14-16-23)25(30)32-4/h5,7-8,11-16H,6,9-10,17-20H2,1-4H3. The van der Waals surface area contributed by atoms with Crippen LogP contribution in [0.15, 0.2) is 54.6 Å². The Bertz CT molecular complexity index is 936. The van der Waals surface area contributed by atoms with Gasteiger partial charge in [0.15, 0.2) is 0 Å². The van der Waals surface area contributed by atoms with Crippen molar-refractivity contribution in [1.29, 1.82) is 0 Å². The third kappa shape index (κ3) is 10.9. The Labute approximate surface area is 207 Å². The monoisotopic (exact) mass is 485 g/mol. The zero-order chi connectivity index (χ0) is 25.7. The fourth-order valence-corrected chi connectivity index (χ4v) is 3.08. The van der Waals surface area contributed by atoms with E-state index in [0.29, 0.717) is 30.9 Å². The topological polar surface area (TPSA) is 91.4 Å². The number of hydrogen-bond donors (Lipinski definition) is 0. The van der Waals surface area contributed by atoms with Crippen LogP contribution in [0, 0.1) is 0 Å². The maximum Gasteiger partial charge on any atom is 0.410 e. The van der Waals surface area contributed by atoms with Gasteiger partial charge < -0.3 is 18.9 Å². The summed E-state index contributed by atoms with van der Waals surface area (Å²) in [7, 11) is 1.34. The molecule has 2 aromatic rings. The van der Waals surface area contributed by atoms with Crippen LogP contribution < -0.4 is 4.74 Å². The zero-order valence-electron chi connectivity index (χ0n) is 21.0. The van der Waals surface area contributed by atoms with Crippen molar-refractivity contribution in [3.8, 4) is 5.75 Å². The molecule has 0 aromatic heterocycles. The van der Waals surface area contributed by atoms with Gasteiger partial charge in [-0.2, -0.15) is 0 Å². The van der Waals surface area contributed by atoms with E-state index in [-0.39, 0.29) is 13.2 Å². The van der Waals surface area contributed by atoms with Gasteiger partial charge in [0.25, 0.3) is 0 Å². The van der Waals surface area contributed by atoms with E-state index >= 15 is 0 Å². The normalized spacial score (nSPS) is 10.9. The molecule has 2 rings (SSSR count). The van der Waals surface area contributed by atoms with Crippen LogP contribution in [-0.2, 0) is 25.6 Å². The number of esters is 2. The summed E-state index contributed by atoms with van der Waals surface area (Å²) in [5.41, 5.74) is 0.676. The van der Waals surface area contributed by atoms with Gasteiger partial charge in [0, 0.05) is 6.54 Å². The third-order valence-electron chi connectivity index (χ3n) is 4.83. The van der Waals surface area contributed by atoms with Crippen LogP contribution in [0.2, 0.25) is 0 Å². The van der Waals surface area contributed by atoms with E-state index in [1.54, 1.807) is 45.0 Å². The molecule has 0 radical (unpaired) electrons. The fourth-order valence-electron chi connectivity index (χ4n) is 3.08. The van der Waals surface area contributed by atoms with Crippen molar-refractivity contribution in [2.45, 2.75) is 52.2 Å². The molecule has 0 heterocycles. The van der Waals surface area contributed by atoms with E-state index < -0.39 is 23.6 Å². The van der Waals surface area contributed by atoms with Crippen molar-refractivity contribution in [1.82, 2.24) is 4.90 Å². The number of carbonyl (C=O) groups excluding carboxylic acids is 3. The molecule has 0 atom stereocenters. The molecule has 0 aliphatic carbocycles. The zero-order valence-corrected chi connectivity index (χ0v) is 21.0. The molecule has 0 spiro atoms. The lowest BCUT2D eigenvalue weighted by molar-refractivity contribution is -0.146. The number of ether oxygens (including phenoxy) is 4. The minimum absolute atomic E-state index is 0.153. The SMILES string of the molecule is COC(=O)c1ccc(OCCCCCN(CC(=O)OCc2ccccc2)C(=O)OC(C)(C)C)cc1. The van der Waals surface area contributed by atoms with Gasteiger partial charge >= 0.3 is 18.0 Å². The van der Waals surface area contributed by atoms with Gasteiger partial charge in [0.2, 0.25) is 0 Å². The highest BCUT2D eigenvalue weighted by molar-refractivity contribution is 5.89. The van der Waals surface area contributed by atoms with Crippen LogP contribution in [0.3, 0.4) is 0 Å². The average Bonchev–Trinajstić information content (AvgIpc) is 2.83. The Balaban J connectivity index is 1.77. The van der Waals surface area contributed by atoms with Crippen LogP contribution in [0.5, 0.6) is 5.75 Å². The summed E-state index contributed by atoms with van der Waals surface area (Å²) < 4.78 is 21.2. The lowest BCUT2D eigenvalue weighted by Crippen LogP contribution is -2.40. The summed E-state index contributed by atoms with van der Waals surface area (Å²) in [4.78, 5) is 37.8. The highest BCUT2D eigenvalue weighted by atomic mass is 16.6. The van der Waals surface area contributed by atoms with Gasteiger partial charge in [-0.25, -0.2) is 9.59 Å². The van der Waals surface area contributed by atoms with Crippen LogP contribution in [0.1, 0.15) is 56.0 Å². The van der Waals surface area contributed by atoms with Gasteiger partial charge in [-0.15, -0.1) is 0 Å². The molecule has 8 heteroatoms. The molecule has 0 unspecified atom stereocenters. The van der Waals surface area contributed by atoms with Gasteiger partial charge in [-0.1, -0.05) is 30.3 Å². The molecule has 190 valence electrons.